The number of carbonyl (C=O) groups excluding carboxylic acids is 1. The lowest BCUT2D eigenvalue weighted by Gasteiger charge is -2.16. The van der Waals surface area contributed by atoms with E-state index in [0.717, 1.165) is 12.8 Å². The van der Waals surface area contributed by atoms with E-state index in [1.165, 1.54) is 40.3 Å². The van der Waals surface area contributed by atoms with Crippen molar-refractivity contribution >= 4 is 33.4 Å². The number of sulfonamides is 1. The van der Waals surface area contributed by atoms with Gasteiger partial charge in [-0.1, -0.05) is 17.8 Å². The summed E-state index contributed by atoms with van der Waals surface area (Å²) < 4.78 is 42.0. The molecule has 0 bridgehead atoms. The first-order valence-electron chi connectivity index (χ1n) is 10.2. The monoisotopic (exact) mass is 474 g/mol. The second-order valence-electron chi connectivity index (χ2n) is 7.44. The maximum Gasteiger partial charge on any atom is 0.243 e. The molecule has 4 rings (SSSR count). The molecule has 3 aromatic rings. The third-order valence-electron chi connectivity index (χ3n) is 5.17. The molecule has 1 aliphatic rings. The van der Waals surface area contributed by atoms with Crippen molar-refractivity contribution in [3.63, 3.8) is 0 Å². The van der Waals surface area contributed by atoms with Crippen molar-refractivity contribution in [3.8, 4) is 5.69 Å². The number of imidazole rings is 1. The van der Waals surface area contributed by atoms with Gasteiger partial charge in [0.15, 0.2) is 5.16 Å². The first-order chi connectivity index (χ1) is 15.3. The predicted molar refractivity (Wildman–Crippen MR) is 122 cm³/mol. The summed E-state index contributed by atoms with van der Waals surface area (Å²) in [6, 6.07) is 12.3. The summed E-state index contributed by atoms with van der Waals surface area (Å²) in [5.74, 6) is -0.605. The SMILES string of the molecule is CC(Sc1nccn1-c1cccc(F)c1)C(=O)Nc1ccc(S(=O)(=O)N2CCCC2)cc1. The Bertz CT molecular complexity index is 1210. The minimum absolute atomic E-state index is 0.219. The van der Waals surface area contributed by atoms with E-state index >= 15 is 0 Å². The zero-order chi connectivity index (χ0) is 22.7. The highest BCUT2D eigenvalue weighted by Crippen LogP contribution is 2.26. The molecule has 0 spiro atoms. The topological polar surface area (TPSA) is 84.3 Å². The average Bonchev–Trinajstić information content (AvgIpc) is 3.47. The van der Waals surface area contributed by atoms with Crippen LogP contribution in [-0.4, -0.2) is 46.5 Å². The van der Waals surface area contributed by atoms with Gasteiger partial charge in [0.1, 0.15) is 5.82 Å². The first-order valence-corrected chi connectivity index (χ1v) is 12.5. The van der Waals surface area contributed by atoms with Gasteiger partial charge >= 0.3 is 0 Å². The van der Waals surface area contributed by atoms with Crippen molar-refractivity contribution in [1.29, 1.82) is 0 Å². The molecule has 2 aromatic carbocycles. The van der Waals surface area contributed by atoms with E-state index in [-0.39, 0.29) is 16.6 Å². The summed E-state index contributed by atoms with van der Waals surface area (Å²) in [6.07, 6.45) is 5.05. The quantitative estimate of drug-likeness (QED) is 0.525. The Balaban J connectivity index is 1.41. The number of hydrogen-bond acceptors (Lipinski definition) is 5. The van der Waals surface area contributed by atoms with Crippen molar-refractivity contribution in [1.82, 2.24) is 13.9 Å². The molecule has 1 saturated heterocycles. The minimum atomic E-state index is -3.49. The Morgan fingerprint density at radius 3 is 2.56 bits per heavy atom. The number of anilines is 1. The van der Waals surface area contributed by atoms with E-state index in [0.29, 0.717) is 29.6 Å². The maximum absolute atomic E-state index is 13.6. The third kappa shape index (κ3) is 4.87. The second-order valence-corrected chi connectivity index (χ2v) is 10.7. The Morgan fingerprint density at radius 1 is 1.16 bits per heavy atom. The third-order valence-corrected chi connectivity index (χ3v) is 8.16. The van der Waals surface area contributed by atoms with Crippen LogP contribution in [0.3, 0.4) is 0 Å². The summed E-state index contributed by atoms with van der Waals surface area (Å²) in [6.45, 7) is 2.83. The van der Waals surface area contributed by atoms with Gasteiger partial charge in [0.2, 0.25) is 15.9 Å². The van der Waals surface area contributed by atoms with Crippen LogP contribution in [0.2, 0.25) is 0 Å². The highest BCUT2D eigenvalue weighted by Gasteiger charge is 2.27. The Morgan fingerprint density at radius 2 is 1.88 bits per heavy atom. The van der Waals surface area contributed by atoms with Crippen LogP contribution in [-0.2, 0) is 14.8 Å². The van der Waals surface area contributed by atoms with Crippen LogP contribution in [0.15, 0.2) is 71.0 Å². The van der Waals surface area contributed by atoms with Crippen molar-refractivity contribution < 1.29 is 17.6 Å². The molecule has 1 fully saturated rings. The van der Waals surface area contributed by atoms with Gasteiger partial charge in [0, 0.05) is 31.2 Å². The highest BCUT2D eigenvalue weighted by molar-refractivity contribution is 8.00. The van der Waals surface area contributed by atoms with Crippen LogP contribution in [0, 0.1) is 5.82 Å². The molecule has 10 heteroatoms. The van der Waals surface area contributed by atoms with Crippen molar-refractivity contribution in [2.45, 2.75) is 35.1 Å². The van der Waals surface area contributed by atoms with Gasteiger partial charge in [-0.05, 0) is 62.2 Å². The Labute approximate surface area is 190 Å². The van der Waals surface area contributed by atoms with Gasteiger partial charge in [-0.15, -0.1) is 0 Å². The van der Waals surface area contributed by atoms with E-state index in [2.05, 4.69) is 10.3 Å². The van der Waals surface area contributed by atoms with Gasteiger partial charge in [-0.2, -0.15) is 4.31 Å². The molecule has 32 heavy (non-hydrogen) atoms. The molecule has 1 unspecified atom stereocenters. The normalized spacial score (nSPS) is 15.6. The molecule has 0 saturated carbocycles. The number of benzene rings is 2. The number of nitrogens with one attached hydrogen (secondary N) is 1. The van der Waals surface area contributed by atoms with Gasteiger partial charge < -0.3 is 5.32 Å². The van der Waals surface area contributed by atoms with E-state index in [4.69, 9.17) is 0 Å². The molecule has 1 aliphatic heterocycles. The van der Waals surface area contributed by atoms with Crippen LogP contribution in [0.4, 0.5) is 10.1 Å². The molecule has 1 N–H and O–H groups in total. The summed E-state index contributed by atoms with van der Waals surface area (Å²) in [4.78, 5) is 17.2. The van der Waals surface area contributed by atoms with Gasteiger partial charge in [-0.25, -0.2) is 17.8 Å². The number of carbonyl (C=O) groups is 1. The fourth-order valence-electron chi connectivity index (χ4n) is 3.44. The van der Waals surface area contributed by atoms with E-state index < -0.39 is 15.3 Å². The van der Waals surface area contributed by atoms with Crippen LogP contribution < -0.4 is 5.32 Å². The average molecular weight is 475 g/mol. The van der Waals surface area contributed by atoms with E-state index in [1.807, 2.05) is 0 Å². The number of halogens is 1. The molecule has 0 radical (unpaired) electrons. The number of amides is 1. The molecule has 1 aromatic heterocycles. The van der Waals surface area contributed by atoms with Crippen LogP contribution in [0.1, 0.15) is 19.8 Å². The minimum Gasteiger partial charge on any atom is -0.325 e. The summed E-state index contributed by atoms with van der Waals surface area (Å²) >= 11 is 1.24. The van der Waals surface area contributed by atoms with E-state index in [1.54, 1.807) is 48.1 Å². The molecular formula is C22H23FN4O3S2. The fourth-order valence-corrected chi connectivity index (χ4v) is 5.84. The maximum atomic E-state index is 13.6. The smallest absolute Gasteiger partial charge is 0.243 e. The van der Waals surface area contributed by atoms with Crippen LogP contribution in [0.25, 0.3) is 5.69 Å². The summed E-state index contributed by atoms with van der Waals surface area (Å²) in [7, 11) is -3.49. The number of thioether (sulfide) groups is 1. The molecule has 2 heterocycles. The Hall–Kier alpha value is -2.69. The molecular weight excluding hydrogens is 451 g/mol. The molecule has 1 amide bonds. The zero-order valence-corrected chi connectivity index (χ0v) is 19.1. The number of aromatic nitrogens is 2. The van der Waals surface area contributed by atoms with Crippen molar-refractivity contribution in [2.24, 2.45) is 0 Å². The highest BCUT2D eigenvalue weighted by atomic mass is 32.2. The largest absolute Gasteiger partial charge is 0.325 e. The lowest BCUT2D eigenvalue weighted by Crippen LogP contribution is -2.27. The van der Waals surface area contributed by atoms with Crippen molar-refractivity contribution in [3.05, 3.63) is 66.7 Å². The molecule has 1 atom stereocenters. The van der Waals surface area contributed by atoms with Crippen LogP contribution >= 0.6 is 11.8 Å². The van der Waals surface area contributed by atoms with E-state index in [9.17, 15) is 17.6 Å². The van der Waals surface area contributed by atoms with Gasteiger partial charge in [0.05, 0.1) is 15.8 Å². The lowest BCUT2D eigenvalue weighted by atomic mass is 10.3. The summed E-state index contributed by atoms with van der Waals surface area (Å²) in [5, 5.41) is 2.88. The van der Waals surface area contributed by atoms with Gasteiger partial charge in [-0.3, -0.25) is 9.36 Å². The lowest BCUT2D eigenvalue weighted by molar-refractivity contribution is -0.115. The Kier molecular flexibility index (Phi) is 6.63. The predicted octanol–water partition coefficient (Wildman–Crippen LogP) is 3.92. The molecule has 168 valence electrons. The van der Waals surface area contributed by atoms with Gasteiger partial charge in [0.25, 0.3) is 0 Å². The number of nitrogens with zero attached hydrogens (tertiary/aromatic N) is 3. The second kappa shape index (κ2) is 9.43. The first kappa shape index (κ1) is 22.5. The molecule has 7 nitrogen and oxygen atoms in total. The fraction of sp³-hybridized carbons (Fsp3) is 0.273. The van der Waals surface area contributed by atoms with Crippen LogP contribution in [0.5, 0.6) is 0 Å². The number of hydrogen-bond donors (Lipinski definition) is 1. The number of rotatable bonds is 7. The zero-order valence-electron chi connectivity index (χ0n) is 17.4. The van der Waals surface area contributed by atoms with Crippen molar-refractivity contribution in [2.75, 3.05) is 18.4 Å². The molecule has 0 aliphatic carbocycles. The standard InChI is InChI=1S/C22H23FN4O3S2/c1-16(31-22-24-11-14-27(22)19-6-4-5-17(23)15-19)21(28)25-18-7-9-20(10-8-18)32(29,30)26-12-2-3-13-26/h4-11,14-16H,2-3,12-13H2,1H3,(H,25,28). The summed E-state index contributed by atoms with van der Waals surface area (Å²) in [5.41, 5.74) is 1.13.